The van der Waals surface area contributed by atoms with E-state index in [0.717, 1.165) is 5.69 Å². The van der Waals surface area contributed by atoms with E-state index in [1.165, 1.54) is 0 Å². The van der Waals surface area contributed by atoms with E-state index in [2.05, 4.69) is 29.5 Å². The monoisotopic (exact) mass is 240 g/mol. The molecule has 0 aliphatic rings. The number of hydrogen-bond acceptors (Lipinski definition) is 4. The number of nitrogens with zero attached hydrogens (tertiary/aromatic N) is 3. The summed E-state index contributed by atoms with van der Waals surface area (Å²) in [6.07, 6.45) is 2.32. The van der Waals surface area contributed by atoms with Gasteiger partial charge in [-0.2, -0.15) is 0 Å². The Bertz CT molecular complexity index is 349. The minimum atomic E-state index is -0.00662. The molecule has 0 aromatic carbocycles. The molecular weight excluding hydrogens is 220 g/mol. The number of aromatic nitrogens is 3. The Morgan fingerprint density at radius 2 is 2.29 bits per heavy atom. The molecule has 0 saturated carbocycles. The van der Waals surface area contributed by atoms with Crippen LogP contribution in [0.25, 0.3) is 0 Å². The highest BCUT2D eigenvalue weighted by Gasteiger charge is 2.04. The lowest BCUT2D eigenvalue weighted by atomic mass is 10.2. The van der Waals surface area contributed by atoms with E-state index < -0.39 is 0 Å². The molecule has 1 amide bonds. The summed E-state index contributed by atoms with van der Waals surface area (Å²) in [6, 6.07) is 0. The van der Waals surface area contributed by atoms with Gasteiger partial charge in [0, 0.05) is 19.7 Å². The van der Waals surface area contributed by atoms with E-state index in [1.807, 2.05) is 6.20 Å². The van der Waals surface area contributed by atoms with Crippen LogP contribution in [0.1, 0.15) is 31.9 Å². The van der Waals surface area contributed by atoms with Gasteiger partial charge in [0.15, 0.2) is 0 Å². The quantitative estimate of drug-likeness (QED) is 0.707. The summed E-state index contributed by atoms with van der Waals surface area (Å²) in [5, 5.41) is 10.6. The molecule has 6 nitrogen and oxygen atoms in total. The average Bonchev–Trinajstić information content (AvgIpc) is 2.77. The van der Waals surface area contributed by atoms with Crippen LogP contribution >= 0.6 is 0 Å². The molecule has 1 aromatic rings. The summed E-state index contributed by atoms with van der Waals surface area (Å²) in [5.41, 5.74) is 0.982. The Morgan fingerprint density at radius 3 is 2.88 bits per heavy atom. The van der Waals surface area contributed by atoms with Crippen LogP contribution in [0.5, 0.6) is 0 Å². The third kappa shape index (κ3) is 4.95. The van der Waals surface area contributed by atoms with E-state index >= 15 is 0 Å². The van der Waals surface area contributed by atoms with Crippen molar-refractivity contribution in [3.63, 3.8) is 0 Å². The van der Waals surface area contributed by atoms with Crippen molar-refractivity contribution in [1.82, 2.24) is 20.3 Å². The molecule has 1 N–H and O–H groups in total. The molecule has 17 heavy (non-hydrogen) atoms. The van der Waals surface area contributed by atoms with E-state index in [1.54, 1.807) is 11.7 Å². The predicted molar refractivity (Wildman–Crippen MR) is 63.6 cm³/mol. The van der Waals surface area contributed by atoms with Crippen molar-refractivity contribution in [3.05, 3.63) is 11.9 Å². The van der Waals surface area contributed by atoms with Gasteiger partial charge in [-0.15, -0.1) is 5.10 Å². The largest absolute Gasteiger partial charge is 0.379 e. The van der Waals surface area contributed by atoms with Crippen molar-refractivity contribution in [2.24, 2.45) is 0 Å². The molecule has 0 atom stereocenters. The Morgan fingerprint density at radius 1 is 1.53 bits per heavy atom. The molecule has 0 unspecified atom stereocenters. The van der Waals surface area contributed by atoms with Crippen LogP contribution in [0, 0.1) is 0 Å². The molecule has 0 saturated heterocycles. The van der Waals surface area contributed by atoms with E-state index in [0.29, 0.717) is 32.1 Å². The lowest BCUT2D eigenvalue weighted by molar-refractivity contribution is -0.121. The van der Waals surface area contributed by atoms with E-state index in [4.69, 9.17) is 4.74 Å². The lowest BCUT2D eigenvalue weighted by Gasteiger charge is -2.03. The van der Waals surface area contributed by atoms with Crippen LogP contribution in [-0.4, -0.2) is 41.2 Å². The van der Waals surface area contributed by atoms with E-state index in [-0.39, 0.29) is 5.91 Å². The highest BCUT2D eigenvalue weighted by molar-refractivity contribution is 5.75. The Kier molecular flexibility index (Phi) is 5.62. The van der Waals surface area contributed by atoms with Gasteiger partial charge in [-0.3, -0.25) is 4.79 Å². The Labute approximate surface area is 101 Å². The molecule has 0 radical (unpaired) electrons. The zero-order valence-corrected chi connectivity index (χ0v) is 10.6. The standard InChI is InChI=1S/C11H20N4O2/c1-9(2)10-8-15(14-13-10)5-7-17-6-4-11(16)12-3/h8-9H,4-7H2,1-3H3,(H,12,16). The SMILES string of the molecule is CNC(=O)CCOCCn1cc(C(C)C)nn1. The van der Waals surface area contributed by atoms with Crippen molar-refractivity contribution in [2.75, 3.05) is 20.3 Å². The predicted octanol–water partition coefficient (Wildman–Crippen LogP) is 0.554. The first-order chi connectivity index (χ1) is 8.13. The van der Waals surface area contributed by atoms with Gasteiger partial charge in [-0.05, 0) is 5.92 Å². The molecule has 0 bridgehead atoms. The maximum atomic E-state index is 10.9. The molecule has 0 fully saturated rings. The lowest BCUT2D eigenvalue weighted by Crippen LogP contribution is -2.20. The van der Waals surface area contributed by atoms with Crippen LogP contribution in [-0.2, 0) is 16.1 Å². The summed E-state index contributed by atoms with van der Waals surface area (Å²) < 4.78 is 7.09. The molecule has 0 aliphatic heterocycles. The number of rotatable bonds is 7. The number of carbonyl (C=O) groups excluding carboxylic acids is 1. The van der Waals surface area contributed by atoms with Crippen molar-refractivity contribution >= 4 is 5.91 Å². The molecule has 6 heteroatoms. The molecular formula is C11H20N4O2. The summed E-state index contributed by atoms with van der Waals surface area (Å²) in [7, 11) is 1.62. The van der Waals surface area contributed by atoms with Crippen LogP contribution in [0.15, 0.2) is 6.20 Å². The van der Waals surface area contributed by atoms with Crippen LogP contribution < -0.4 is 5.32 Å². The van der Waals surface area contributed by atoms with Gasteiger partial charge in [0.2, 0.25) is 5.91 Å². The molecule has 0 aliphatic carbocycles. The van der Waals surface area contributed by atoms with Crippen LogP contribution in [0.4, 0.5) is 0 Å². The summed E-state index contributed by atoms with van der Waals surface area (Å²) in [6.45, 7) is 5.79. The normalized spacial score (nSPS) is 10.8. The second-order valence-corrected chi connectivity index (χ2v) is 4.10. The first-order valence-electron chi connectivity index (χ1n) is 5.82. The first-order valence-corrected chi connectivity index (χ1v) is 5.82. The maximum absolute atomic E-state index is 10.9. The van der Waals surface area contributed by atoms with Crippen LogP contribution in [0.3, 0.4) is 0 Å². The molecule has 1 rings (SSSR count). The molecule has 0 spiro atoms. The van der Waals surface area contributed by atoms with Gasteiger partial charge >= 0.3 is 0 Å². The highest BCUT2D eigenvalue weighted by atomic mass is 16.5. The van der Waals surface area contributed by atoms with Gasteiger partial charge in [0.1, 0.15) is 0 Å². The number of hydrogen-bond donors (Lipinski definition) is 1. The second kappa shape index (κ2) is 7.01. The third-order valence-electron chi connectivity index (χ3n) is 2.36. The first kappa shape index (κ1) is 13.6. The number of amides is 1. The van der Waals surface area contributed by atoms with Gasteiger partial charge in [0.05, 0.1) is 25.5 Å². The Hall–Kier alpha value is -1.43. The summed E-state index contributed by atoms with van der Waals surface area (Å²) in [5.74, 6) is 0.380. The maximum Gasteiger partial charge on any atom is 0.222 e. The molecule has 1 heterocycles. The zero-order chi connectivity index (χ0) is 12.7. The third-order valence-corrected chi connectivity index (χ3v) is 2.36. The van der Waals surface area contributed by atoms with Crippen molar-refractivity contribution < 1.29 is 9.53 Å². The van der Waals surface area contributed by atoms with Crippen molar-refractivity contribution in [1.29, 1.82) is 0 Å². The highest BCUT2D eigenvalue weighted by Crippen LogP contribution is 2.08. The molecule has 1 aromatic heterocycles. The van der Waals surface area contributed by atoms with Gasteiger partial charge < -0.3 is 10.1 Å². The number of carbonyl (C=O) groups is 1. The fourth-order valence-electron chi connectivity index (χ4n) is 1.24. The summed E-state index contributed by atoms with van der Waals surface area (Å²) >= 11 is 0. The van der Waals surface area contributed by atoms with Crippen LogP contribution in [0.2, 0.25) is 0 Å². The second-order valence-electron chi connectivity index (χ2n) is 4.10. The minimum Gasteiger partial charge on any atom is -0.379 e. The number of nitrogens with one attached hydrogen (secondary N) is 1. The smallest absolute Gasteiger partial charge is 0.222 e. The average molecular weight is 240 g/mol. The van der Waals surface area contributed by atoms with E-state index in [9.17, 15) is 4.79 Å². The van der Waals surface area contributed by atoms with Gasteiger partial charge in [-0.1, -0.05) is 19.1 Å². The fraction of sp³-hybridized carbons (Fsp3) is 0.727. The number of ether oxygens (including phenoxy) is 1. The van der Waals surface area contributed by atoms with Gasteiger partial charge in [-0.25, -0.2) is 4.68 Å². The van der Waals surface area contributed by atoms with Crippen molar-refractivity contribution in [3.8, 4) is 0 Å². The summed E-state index contributed by atoms with van der Waals surface area (Å²) in [4.78, 5) is 10.9. The molecule has 96 valence electrons. The topological polar surface area (TPSA) is 69.0 Å². The van der Waals surface area contributed by atoms with Crippen molar-refractivity contribution in [2.45, 2.75) is 32.7 Å². The fourth-order valence-corrected chi connectivity index (χ4v) is 1.24. The Balaban J connectivity index is 2.15. The zero-order valence-electron chi connectivity index (χ0n) is 10.6. The van der Waals surface area contributed by atoms with Gasteiger partial charge in [0.25, 0.3) is 0 Å². The minimum absolute atomic E-state index is 0.00662.